The van der Waals surface area contributed by atoms with E-state index in [0.29, 0.717) is 0 Å². The standard InChI is InChI=1S/C17H13ClOS/c1-19-10-9-13-14(6-4-7-15(13)18)17-11-12-5-2-3-8-16(12)20-17/h2-11H,1H3/b10-9+. The highest BCUT2D eigenvalue weighted by Gasteiger charge is 2.09. The van der Waals surface area contributed by atoms with Gasteiger partial charge in [-0.05, 0) is 29.7 Å². The van der Waals surface area contributed by atoms with Crippen molar-refractivity contribution in [2.45, 2.75) is 0 Å². The maximum absolute atomic E-state index is 6.31. The summed E-state index contributed by atoms with van der Waals surface area (Å²) in [5.41, 5.74) is 2.12. The Bertz CT molecular complexity index is 741. The quantitative estimate of drug-likeness (QED) is 0.552. The fourth-order valence-corrected chi connectivity index (χ4v) is 3.51. The van der Waals surface area contributed by atoms with Gasteiger partial charge in [-0.3, -0.25) is 0 Å². The van der Waals surface area contributed by atoms with Crippen LogP contribution in [0.25, 0.3) is 26.6 Å². The highest BCUT2D eigenvalue weighted by molar-refractivity contribution is 7.22. The molecule has 20 heavy (non-hydrogen) atoms. The zero-order valence-corrected chi connectivity index (χ0v) is 12.5. The Morgan fingerprint density at radius 1 is 1.10 bits per heavy atom. The molecule has 0 atom stereocenters. The van der Waals surface area contributed by atoms with Crippen molar-refractivity contribution < 1.29 is 4.74 Å². The average molecular weight is 301 g/mol. The maximum Gasteiger partial charge on any atom is 0.0831 e. The van der Waals surface area contributed by atoms with Gasteiger partial charge in [0.1, 0.15) is 0 Å². The van der Waals surface area contributed by atoms with E-state index in [1.54, 1.807) is 24.7 Å². The van der Waals surface area contributed by atoms with Gasteiger partial charge in [-0.15, -0.1) is 11.3 Å². The van der Waals surface area contributed by atoms with Gasteiger partial charge in [0.05, 0.1) is 13.4 Å². The molecule has 1 heterocycles. The maximum atomic E-state index is 6.31. The lowest BCUT2D eigenvalue weighted by Gasteiger charge is -2.05. The summed E-state index contributed by atoms with van der Waals surface area (Å²) in [6, 6.07) is 16.6. The van der Waals surface area contributed by atoms with Gasteiger partial charge in [0.25, 0.3) is 0 Å². The van der Waals surface area contributed by atoms with Crippen molar-refractivity contribution >= 4 is 39.1 Å². The van der Waals surface area contributed by atoms with Gasteiger partial charge in [-0.2, -0.15) is 0 Å². The minimum atomic E-state index is 0.730. The van der Waals surface area contributed by atoms with E-state index in [2.05, 4.69) is 36.4 Å². The molecule has 0 radical (unpaired) electrons. The van der Waals surface area contributed by atoms with Crippen LogP contribution in [0, 0.1) is 0 Å². The Labute approximate surface area is 127 Å². The van der Waals surface area contributed by atoms with Crippen molar-refractivity contribution in [1.29, 1.82) is 0 Å². The predicted molar refractivity (Wildman–Crippen MR) is 88.3 cm³/mol. The van der Waals surface area contributed by atoms with Gasteiger partial charge in [-0.1, -0.05) is 41.9 Å². The van der Waals surface area contributed by atoms with Crippen LogP contribution in [0.4, 0.5) is 0 Å². The van der Waals surface area contributed by atoms with E-state index in [0.717, 1.165) is 16.1 Å². The Hall–Kier alpha value is -1.77. The molecule has 0 aliphatic carbocycles. The lowest BCUT2D eigenvalue weighted by molar-refractivity contribution is 0.341. The van der Waals surface area contributed by atoms with E-state index in [9.17, 15) is 0 Å². The number of thiophene rings is 1. The molecule has 0 spiro atoms. The number of benzene rings is 2. The third-order valence-corrected chi connectivity index (χ3v) is 4.59. The molecule has 0 unspecified atom stereocenters. The molecule has 0 amide bonds. The summed E-state index contributed by atoms with van der Waals surface area (Å²) < 4.78 is 6.30. The first kappa shape index (κ1) is 13.2. The zero-order valence-electron chi connectivity index (χ0n) is 11.0. The monoisotopic (exact) mass is 300 g/mol. The van der Waals surface area contributed by atoms with E-state index in [1.165, 1.54) is 15.0 Å². The van der Waals surface area contributed by atoms with Crippen LogP contribution < -0.4 is 0 Å². The molecule has 2 aromatic carbocycles. The molecule has 0 aliphatic heterocycles. The predicted octanol–water partition coefficient (Wildman–Crippen LogP) is 5.84. The topological polar surface area (TPSA) is 9.23 Å². The number of hydrogen-bond donors (Lipinski definition) is 0. The number of fused-ring (bicyclic) bond motifs is 1. The second-order valence-corrected chi connectivity index (χ2v) is 5.88. The Morgan fingerprint density at radius 3 is 2.75 bits per heavy atom. The lowest BCUT2D eigenvalue weighted by atomic mass is 10.1. The van der Waals surface area contributed by atoms with Crippen molar-refractivity contribution in [3.8, 4) is 10.4 Å². The Morgan fingerprint density at radius 2 is 1.95 bits per heavy atom. The van der Waals surface area contributed by atoms with E-state index in [1.807, 2.05) is 18.2 Å². The molecule has 3 aromatic rings. The molecule has 3 heteroatoms. The van der Waals surface area contributed by atoms with Gasteiger partial charge in [0, 0.05) is 25.7 Å². The van der Waals surface area contributed by atoms with Gasteiger partial charge in [0.15, 0.2) is 0 Å². The van der Waals surface area contributed by atoms with Gasteiger partial charge >= 0.3 is 0 Å². The van der Waals surface area contributed by atoms with E-state index < -0.39 is 0 Å². The van der Waals surface area contributed by atoms with Gasteiger partial charge in [0.2, 0.25) is 0 Å². The minimum Gasteiger partial charge on any atom is -0.504 e. The number of rotatable bonds is 3. The molecule has 1 nitrogen and oxygen atoms in total. The summed E-state index contributed by atoms with van der Waals surface area (Å²) in [4.78, 5) is 1.21. The number of methoxy groups -OCH3 is 1. The molecule has 0 bridgehead atoms. The molecule has 0 saturated carbocycles. The zero-order chi connectivity index (χ0) is 13.9. The number of halogens is 1. The van der Waals surface area contributed by atoms with Crippen LogP contribution in [0.15, 0.2) is 54.8 Å². The molecular formula is C17H13ClOS. The second-order valence-electron chi connectivity index (χ2n) is 4.39. The van der Waals surface area contributed by atoms with Crippen LogP contribution >= 0.6 is 22.9 Å². The highest BCUT2D eigenvalue weighted by Crippen LogP contribution is 2.37. The van der Waals surface area contributed by atoms with Crippen LogP contribution in [0.3, 0.4) is 0 Å². The third kappa shape index (κ3) is 2.45. The smallest absolute Gasteiger partial charge is 0.0831 e. The summed E-state index contributed by atoms with van der Waals surface area (Å²) in [6.45, 7) is 0. The summed E-state index contributed by atoms with van der Waals surface area (Å²) in [5.74, 6) is 0. The van der Waals surface area contributed by atoms with E-state index in [4.69, 9.17) is 16.3 Å². The first-order valence-electron chi connectivity index (χ1n) is 6.26. The summed E-state index contributed by atoms with van der Waals surface area (Å²) in [7, 11) is 1.63. The number of ether oxygens (including phenoxy) is 1. The van der Waals surface area contributed by atoms with Gasteiger partial charge < -0.3 is 4.74 Å². The fraction of sp³-hybridized carbons (Fsp3) is 0.0588. The summed E-state index contributed by atoms with van der Waals surface area (Å²) in [5, 5.41) is 1.99. The van der Waals surface area contributed by atoms with Crippen LogP contribution in [-0.2, 0) is 4.74 Å². The molecular weight excluding hydrogens is 288 g/mol. The molecule has 3 rings (SSSR count). The third-order valence-electron chi connectivity index (χ3n) is 3.11. The second kappa shape index (κ2) is 5.70. The lowest BCUT2D eigenvalue weighted by Crippen LogP contribution is -1.82. The first-order chi connectivity index (χ1) is 9.79. The van der Waals surface area contributed by atoms with Crippen LogP contribution in [-0.4, -0.2) is 7.11 Å². The molecule has 1 aromatic heterocycles. The molecule has 0 N–H and O–H groups in total. The number of hydrogen-bond acceptors (Lipinski definition) is 2. The fourth-order valence-electron chi connectivity index (χ4n) is 2.17. The largest absolute Gasteiger partial charge is 0.504 e. The van der Waals surface area contributed by atoms with E-state index in [-0.39, 0.29) is 0 Å². The van der Waals surface area contributed by atoms with Crippen LogP contribution in [0.5, 0.6) is 0 Å². The molecule has 0 saturated heterocycles. The van der Waals surface area contributed by atoms with Crippen LogP contribution in [0.1, 0.15) is 5.56 Å². The average Bonchev–Trinajstić information content (AvgIpc) is 2.89. The Balaban J connectivity index is 2.18. The van der Waals surface area contributed by atoms with Crippen molar-refractivity contribution in [2.75, 3.05) is 7.11 Å². The molecule has 100 valence electrons. The van der Waals surface area contributed by atoms with Gasteiger partial charge in [-0.25, -0.2) is 0 Å². The molecule has 0 fully saturated rings. The SMILES string of the molecule is CO/C=C/c1c(Cl)cccc1-c1cc2ccccc2s1. The normalized spacial score (nSPS) is 11.3. The Kier molecular flexibility index (Phi) is 3.77. The van der Waals surface area contributed by atoms with Crippen molar-refractivity contribution in [3.63, 3.8) is 0 Å². The van der Waals surface area contributed by atoms with Crippen molar-refractivity contribution in [3.05, 3.63) is 65.4 Å². The van der Waals surface area contributed by atoms with Crippen molar-refractivity contribution in [2.24, 2.45) is 0 Å². The molecule has 0 aliphatic rings. The summed E-state index contributed by atoms with van der Waals surface area (Å²) in [6.07, 6.45) is 3.56. The van der Waals surface area contributed by atoms with Crippen molar-refractivity contribution in [1.82, 2.24) is 0 Å². The van der Waals surface area contributed by atoms with Crippen LogP contribution in [0.2, 0.25) is 5.02 Å². The first-order valence-corrected chi connectivity index (χ1v) is 7.46. The highest BCUT2D eigenvalue weighted by atomic mass is 35.5. The minimum absolute atomic E-state index is 0.730. The van der Waals surface area contributed by atoms with E-state index >= 15 is 0 Å². The summed E-state index contributed by atoms with van der Waals surface area (Å²) >= 11 is 8.08.